The molecule has 0 radical (unpaired) electrons. The van der Waals surface area contributed by atoms with Crippen LogP contribution in [0.4, 0.5) is 0 Å². The van der Waals surface area contributed by atoms with Crippen LogP contribution in [-0.4, -0.2) is 4.98 Å². The summed E-state index contributed by atoms with van der Waals surface area (Å²) in [5, 5.41) is 6.89. The van der Waals surface area contributed by atoms with Gasteiger partial charge in [-0.1, -0.05) is 54.9 Å². The smallest absolute Gasteiger partial charge is 0.0982 e. The van der Waals surface area contributed by atoms with Crippen LogP contribution in [0.25, 0.3) is 0 Å². The van der Waals surface area contributed by atoms with Gasteiger partial charge in [0.2, 0.25) is 0 Å². The first kappa shape index (κ1) is 15.7. The summed E-state index contributed by atoms with van der Waals surface area (Å²) >= 11 is 5.35. The fourth-order valence-corrected chi connectivity index (χ4v) is 3.46. The topological polar surface area (TPSA) is 24.9 Å². The highest BCUT2D eigenvalue weighted by atomic mass is 79.9. The number of hydrogen-bond acceptors (Lipinski definition) is 3. The molecule has 1 aromatic heterocycles. The van der Waals surface area contributed by atoms with E-state index in [0.717, 1.165) is 16.7 Å². The molecule has 0 fully saturated rings. The van der Waals surface area contributed by atoms with E-state index in [1.807, 2.05) is 6.07 Å². The Balaban J connectivity index is 1.99. The minimum absolute atomic E-state index is 0.136. The normalized spacial score (nSPS) is 13.4. The zero-order chi connectivity index (χ0) is 14.8. The first-order valence-electron chi connectivity index (χ1n) is 6.80. The molecule has 0 aliphatic rings. The lowest BCUT2D eigenvalue weighted by Crippen LogP contribution is -2.19. The maximum absolute atomic E-state index is 4.71. The van der Waals surface area contributed by atoms with Crippen LogP contribution in [-0.2, 0) is 12.0 Å². The number of nitrogens with zero attached hydrogens (tertiary/aromatic N) is 1. The van der Waals surface area contributed by atoms with Crippen molar-refractivity contribution in [1.82, 2.24) is 10.3 Å². The standard InChI is InChI=1S/C16H21BrN2S/c1-11(13-7-5-6-8-14(13)17)18-9-12-10-20-15(19-12)16(2,3)4/h5-8,10-11,18H,9H2,1-4H3/t11-/m0/s1. The third-order valence-corrected chi connectivity index (χ3v) is 5.19. The highest BCUT2D eigenvalue weighted by molar-refractivity contribution is 9.10. The van der Waals surface area contributed by atoms with Crippen molar-refractivity contribution in [3.63, 3.8) is 0 Å². The number of halogens is 1. The van der Waals surface area contributed by atoms with Gasteiger partial charge in [-0.25, -0.2) is 4.98 Å². The van der Waals surface area contributed by atoms with Crippen LogP contribution < -0.4 is 5.32 Å². The number of benzene rings is 1. The zero-order valence-electron chi connectivity index (χ0n) is 12.4. The summed E-state index contributed by atoms with van der Waals surface area (Å²) in [6.45, 7) is 9.58. The molecule has 0 spiro atoms. The lowest BCUT2D eigenvalue weighted by molar-refractivity contribution is 0.555. The Morgan fingerprint density at radius 2 is 2.00 bits per heavy atom. The molecule has 0 saturated heterocycles. The molecule has 1 N–H and O–H groups in total. The van der Waals surface area contributed by atoms with Gasteiger partial charge in [0.25, 0.3) is 0 Å². The molecule has 108 valence electrons. The van der Waals surface area contributed by atoms with Gasteiger partial charge in [0.1, 0.15) is 0 Å². The quantitative estimate of drug-likeness (QED) is 0.832. The molecule has 1 heterocycles. The minimum atomic E-state index is 0.136. The predicted octanol–water partition coefficient (Wildman–Crippen LogP) is 5.05. The van der Waals surface area contributed by atoms with E-state index in [-0.39, 0.29) is 5.41 Å². The summed E-state index contributed by atoms with van der Waals surface area (Å²) in [6, 6.07) is 8.62. The Labute approximate surface area is 133 Å². The van der Waals surface area contributed by atoms with E-state index in [4.69, 9.17) is 4.98 Å². The Morgan fingerprint density at radius 1 is 1.30 bits per heavy atom. The molecule has 4 heteroatoms. The van der Waals surface area contributed by atoms with Crippen molar-refractivity contribution in [3.05, 3.63) is 50.4 Å². The molecule has 0 aliphatic heterocycles. The van der Waals surface area contributed by atoms with Crippen molar-refractivity contribution >= 4 is 27.3 Å². The van der Waals surface area contributed by atoms with Gasteiger partial charge < -0.3 is 5.32 Å². The summed E-state index contributed by atoms with van der Waals surface area (Å²) in [6.07, 6.45) is 0. The number of thiazole rings is 1. The van der Waals surface area contributed by atoms with Gasteiger partial charge in [-0.05, 0) is 18.6 Å². The number of aromatic nitrogens is 1. The van der Waals surface area contributed by atoms with E-state index in [0.29, 0.717) is 6.04 Å². The third kappa shape index (κ3) is 3.90. The molecule has 2 aromatic rings. The van der Waals surface area contributed by atoms with E-state index in [2.05, 4.69) is 72.5 Å². The first-order valence-corrected chi connectivity index (χ1v) is 8.48. The van der Waals surface area contributed by atoms with E-state index < -0.39 is 0 Å². The highest BCUT2D eigenvalue weighted by Gasteiger charge is 2.18. The minimum Gasteiger partial charge on any atom is -0.304 e. The maximum Gasteiger partial charge on any atom is 0.0982 e. The molecule has 20 heavy (non-hydrogen) atoms. The van der Waals surface area contributed by atoms with Crippen molar-refractivity contribution < 1.29 is 0 Å². The molecule has 0 amide bonds. The van der Waals surface area contributed by atoms with Gasteiger partial charge in [0.15, 0.2) is 0 Å². The van der Waals surface area contributed by atoms with Gasteiger partial charge >= 0.3 is 0 Å². The van der Waals surface area contributed by atoms with Gasteiger partial charge in [-0.2, -0.15) is 0 Å². The lowest BCUT2D eigenvalue weighted by atomic mass is 9.98. The van der Waals surface area contributed by atoms with Gasteiger partial charge in [-0.15, -0.1) is 11.3 Å². The first-order chi connectivity index (χ1) is 9.38. The van der Waals surface area contributed by atoms with Gasteiger partial charge in [0, 0.05) is 27.9 Å². The van der Waals surface area contributed by atoms with Crippen LogP contribution in [0.2, 0.25) is 0 Å². The Morgan fingerprint density at radius 3 is 2.60 bits per heavy atom. The fraction of sp³-hybridized carbons (Fsp3) is 0.438. The molecule has 0 aliphatic carbocycles. The van der Waals surface area contributed by atoms with Crippen LogP contribution in [0.5, 0.6) is 0 Å². The second-order valence-electron chi connectivity index (χ2n) is 6.02. The van der Waals surface area contributed by atoms with Gasteiger partial charge in [0.05, 0.1) is 10.7 Å². The fourth-order valence-electron chi connectivity index (χ4n) is 1.93. The summed E-state index contributed by atoms with van der Waals surface area (Å²) in [4.78, 5) is 4.71. The van der Waals surface area contributed by atoms with Crippen molar-refractivity contribution in [2.75, 3.05) is 0 Å². The van der Waals surface area contributed by atoms with E-state index in [1.54, 1.807) is 11.3 Å². The molecule has 0 bridgehead atoms. The molecular formula is C16H21BrN2S. The SMILES string of the molecule is C[C@H](NCc1csc(C(C)(C)C)n1)c1ccccc1Br. The number of hydrogen-bond donors (Lipinski definition) is 1. The zero-order valence-corrected chi connectivity index (χ0v) is 14.8. The van der Waals surface area contributed by atoms with Crippen LogP contribution in [0, 0.1) is 0 Å². The summed E-state index contributed by atoms with van der Waals surface area (Å²) < 4.78 is 1.15. The number of rotatable bonds is 4. The summed E-state index contributed by atoms with van der Waals surface area (Å²) in [5.74, 6) is 0. The van der Waals surface area contributed by atoms with Crippen molar-refractivity contribution in [2.24, 2.45) is 0 Å². The second kappa shape index (κ2) is 6.37. The van der Waals surface area contributed by atoms with E-state index in [1.165, 1.54) is 10.6 Å². The molecule has 0 unspecified atom stereocenters. The molecule has 2 rings (SSSR count). The molecule has 1 aromatic carbocycles. The monoisotopic (exact) mass is 352 g/mol. The van der Waals surface area contributed by atoms with E-state index in [9.17, 15) is 0 Å². The highest BCUT2D eigenvalue weighted by Crippen LogP contribution is 2.26. The Bertz CT molecular complexity index is 572. The van der Waals surface area contributed by atoms with Crippen LogP contribution in [0.3, 0.4) is 0 Å². The van der Waals surface area contributed by atoms with Crippen molar-refractivity contribution in [3.8, 4) is 0 Å². The second-order valence-corrected chi connectivity index (χ2v) is 7.73. The maximum atomic E-state index is 4.71. The number of nitrogens with one attached hydrogen (secondary N) is 1. The predicted molar refractivity (Wildman–Crippen MR) is 90.2 cm³/mol. The Hall–Kier alpha value is -0.710. The van der Waals surface area contributed by atoms with Crippen LogP contribution >= 0.6 is 27.3 Å². The average Bonchev–Trinajstić information content (AvgIpc) is 2.85. The molecule has 2 nitrogen and oxygen atoms in total. The van der Waals surface area contributed by atoms with Crippen molar-refractivity contribution in [1.29, 1.82) is 0 Å². The lowest BCUT2D eigenvalue weighted by Gasteiger charge is -2.15. The van der Waals surface area contributed by atoms with E-state index >= 15 is 0 Å². The molecular weight excluding hydrogens is 332 g/mol. The molecule has 1 atom stereocenters. The largest absolute Gasteiger partial charge is 0.304 e. The van der Waals surface area contributed by atoms with Crippen molar-refractivity contribution in [2.45, 2.75) is 45.7 Å². The van der Waals surface area contributed by atoms with Crippen LogP contribution in [0.15, 0.2) is 34.1 Å². The summed E-state index contributed by atoms with van der Waals surface area (Å²) in [7, 11) is 0. The third-order valence-electron chi connectivity index (χ3n) is 3.15. The van der Waals surface area contributed by atoms with Gasteiger partial charge in [-0.3, -0.25) is 0 Å². The molecule has 0 saturated carbocycles. The van der Waals surface area contributed by atoms with Crippen LogP contribution in [0.1, 0.15) is 50.0 Å². The summed E-state index contributed by atoms with van der Waals surface area (Å²) in [5.41, 5.74) is 2.54. The average molecular weight is 353 g/mol. The Kier molecular flexibility index (Phi) is 4.99.